The van der Waals surface area contributed by atoms with Crippen molar-refractivity contribution in [2.24, 2.45) is 0 Å². The lowest BCUT2D eigenvalue weighted by molar-refractivity contribution is 0.0870. The first kappa shape index (κ1) is 10.9. The third kappa shape index (κ3) is 4.18. The van der Waals surface area contributed by atoms with E-state index in [1.165, 1.54) is 0 Å². The minimum Gasteiger partial charge on any atom is -0.377 e. The standard InChI is InChI=1S/C10H17N3O/c1-8(2)14-7-6-11-10-5-4-9(3)12-13-10/h4-5,8H,6-7H2,1-3H3,(H,11,13). The van der Waals surface area contributed by atoms with Crippen LogP contribution in [0.4, 0.5) is 5.82 Å². The number of hydrogen-bond donors (Lipinski definition) is 1. The fourth-order valence-corrected chi connectivity index (χ4v) is 0.967. The van der Waals surface area contributed by atoms with Gasteiger partial charge in [0.15, 0.2) is 0 Å². The SMILES string of the molecule is Cc1ccc(NCCOC(C)C)nn1. The molecule has 0 saturated heterocycles. The summed E-state index contributed by atoms with van der Waals surface area (Å²) in [5.74, 6) is 0.794. The lowest BCUT2D eigenvalue weighted by Crippen LogP contribution is -2.14. The molecule has 0 bridgehead atoms. The molecule has 0 aromatic carbocycles. The Morgan fingerprint density at radius 2 is 2.14 bits per heavy atom. The minimum atomic E-state index is 0.279. The Balaban J connectivity index is 2.21. The average Bonchev–Trinajstić information content (AvgIpc) is 2.15. The molecule has 0 radical (unpaired) electrons. The van der Waals surface area contributed by atoms with Crippen molar-refractivity contribution in [1.82, 2.24) is 10.2 Å². The molecule has 4 heteroatoms. The molecule has 0 aliphatic carbocycles. The van der Waals surface area contributed by atoms with E-state index in [1.54, 1.807) is 0 Å². The molecule has 1 rings (SSSR count). The summed E-state index contributed by atoms with van der Waals surface area (Å²) in [6.07, 6.45) is 0.279. The van der Waals surface area contributed by atoms with Crippen LogP contribution in [0.5, 0.6) is 0 Å². The monoisotopic (exact) mass is 195 g/mol. The first-order valence-corrected chi connectivity index (χ1v) is 4.84. The number of aryl methyl sites for hydroxylation is 1. The highest BCUT2D eigenvalue weighted by Crippen LogP contribution is 2.00. The summed E-state index contributed by atoms with van der Waals surface area (Å²) in [4.78, 5) is 0. The van der Waals surface area contributed by atoms with E-state index < -0.39 is 0 Å². The number of nitrogens with zero attached hydrogens (tertiary/aromatic N) is 2. The van der Waals surface area contributed by atoms with Crippen LogP contribution in [0.1, 0.15) is 19.5 Å². The largest absolute Gasteiger partial charge is 0.377 e. The van der Waals surface area contributed by atoms with E-state index in [1.807, 2.05) is 32.9 Å². The second-order valence-electron chi connectivity index (χ2n) is 3.41. The van der Waals surface area contributed by atoms with Gasteiger partial charge >= 0.3 is 0 Å². The topological polar surface area (TPSA) is 47.0 Å². The Labute approximate surface area is 84.7 Å². The van der Waals surface area contributed by atoms with Crippen LogP contribution in [-0.2, 0) is 4.74 Å². The van der Waals surface area contributed by atoms with Crippen LogP contribution in [0.3, 0.4) is 0 Å². The van der Waals surface area contributed by atoms with Crippen LogP contribution in [0, 0.1) is 6.92 Å². The normalized spacial score (nSPS) is 10.6. The Kier molecular flexibility index (Phi) is 4.32. The maximum Gasteiger partial charge on any atom is 0.148 e. The van der Waals surface area contributed by atoms with Crippen molar-refractivity contribution in [3.63, 3.8) is 0 Å². The van der Waals surface area contributed by atoms with Crippen molar-refractivity contribution >= 4 is 5.82 Å². The van der Waals surface area contributed by atoms with Gasteiger partial charge in [0.05, 0.1) is 18.4 Å². The second kappa shape index (κ2) is 5.54. The summed E-state index contributed by atoms with van der Waals surface area (Å²) in [7, 11) is 0. The van der Waals surface area contributed by atoms with E-state index in [-0.39, 0.29) is 6.10 Å². The van der Waals surface area contributed by atoms with E-state index in [9.17, 15) is 0 Å². The zero-order valence-electron chi connectivity index (χ0n) is 8.95. The van der Waals surface area contributed by atoms with Crippen LogP contribution in [-0.4, -0.2) is 29.5 Å². The molecule has 0 spiro atoms. The van der Waals surface area contributed by atoms with Crippen molar-refractivity contribution in [3.05, 3.63) is 17.8 Å². The Bertz CT molecular complexity index is 259. The quantitative estimate of drug-likeness (QED) is 0.725. The van der Waals surface area contributed by atoms with Crippen molar-refractivity contribution in [3.8, 4) is 0 Å². The lowest BCUT2D eigenvalue weighted by atomic mass is 10.4. The fourth-order valence-electron chi connectivity index (χ4n) is 0.967. The highest BCUT2D eigenvalue weighted by atomic mass is 16.5. The first-order chi connectivity index (χ1) is 6.68. The summed E-state index contributed by atoms with van der Waals surface area (Å²) in [6.45, 7) is 7.40. The Morgan fingerprint density at radius 1 is 1.36 bits per heavy atom. The molecule has 4 nitrogen and oxygen atoms in total. The molecule has 1 aromatic heterocycles. The molecule has 78 valence electrons. The Hall–Kier alpha value is -1.16. The molecule has 1 heterocycles. The zero-order valence-corrected chi connectivity index (χ0v) is 8.95. The highest BCUT2D eigenvalue weighted by Gasteiger charge is 1.95. The van der Waals surface area contributed by atoms with E-state index in [4.69, 9.17) is 4.74 Å². The van der Waals surface area contributed by atoms with Crippen LogP contribution in [0.25, 0.3) is 0 Å². The fraction of sp³-hybridized carbons (Fsp3) is 0.600. The van der Waals surface area contributed by atoms with Gasteiger partial charge in [0.1, 0.15) is 5.82 Å². The van der Waals surface area contributed by atoms with E-state index in [2.05, 4.69) is 15.5 Å². The van der Waals surface area contributed by atoms with Gasteiger partial charge in [-0.25, -0.2) is 0 Å². The number of ether oxygens (including phenoxy) is 1. The molecular weight excluding hydrogens is 178 g/mol. The predicted octanol–water partition coefficient (Wildman–Crippen LogP) is 1.62. The summed E-state index contributed by atoms with van der Waals surface area (Å²) < 4.78 is 5.38. The third-order valence-corrected chi connectivity index (χ3v) is 1.66. The van der Waals surface area contributed by atoms with Crippen LogP contribution >= 0.6 is 0 Å². The van der Waals surface area contributed by atoms with Gasteiger partial charge in [-0.2, -0.15) is 5.10 Å². The number of aromatic nitrogens is 2. The van der Waals surface area contributed by atoms with E-state index in [0.29, 0.717) is 6.61 Å². The number of hydrogen-bond acceptors (Lipinski definition) is 4. The molecular formula is C10H17N3O. The molecule has 0 atom stereocenters. The number of anilines is 1. The summed E-state index contributed by atoms with van der Waals surface area (Å²) in [5.41, 5.74) is 0.925. The van der Waals surface area contributed by atoms with Crippen molar-refractivity contribution in [2.75, 3.05) is 18.5 Å². The van der Waals surface area contributed by atoms with Gasteiger partial charge in [0, 0.05) is 6.54 Å². The third-order valence-electron chi connectivity index (χ3n) is 1.66. The van der Waals surface area contributed by atoms with Gasteiger partial charge in [-0.1, -0.05) is 0 Å². The van der Waals surface area contributed by atoms with Gasteiger partial charge in [-0.05, 0) is 32.9 Å². The smallest absolute Gasteiger partial charge is 0.148 e. The molecule has 1 aromatic rings. The van der Waals surface area contributed by atoms with Gasteiger partial charge in [-0.3, -0.25) is 0 Å². The lowest BCUT2D eigenvalue weighted by Gasteiger charge is -2.08. The van der Waals surface area contributed by atoms with E-state index >= 15 is 0 Å². The predicted molar refractivity (Wildman–Crippen MR) is 56.3 cm³/mol. The molecule has 0 unspecified atom stereocenters. The highest BCUT2D eigenvalue weighted by molar-refractivity contribution is 5.32. The number of rotatable bonds is 5. The summed E-state index contributed by atoms with van der Waals surface area (Å²) in [6, 6.07) is 3.84. The average molecular weight is 195 g/mol. The first-order valence-electron chi connectivity index (χ1n) is 4.84. The second-order valence-corrected chi connectivity index (χ2v) is 3.41. The maximum atomic E-state index is 5.38. The molecule has 0 aliphatic heterocycles. The minimum absolute atomic E-state index is 0.279. The maximum absolute atomic E-state index is 5.38. The van der Waals surface area contributed by atoms with Crippen molar-refractivity contribution in [2.45, 2.75) is 26.9 Å². The summed E-state index contributed by atoms with van der Waals surface area (Å²) in [5, 5.41) is 11.0. The molecule has 0 fully saturated rings. The van der Waals surface area contributed by atoms with Crippen LogP contribution < -0.4 is 5.32 Å². The zero-order chi connectivity index (χ0) is 10.4. The van der Waals surface area contributed by atoms with Gasteiger partial charge in [0.2, 0.25) is 0 Å². The molecule has 0 saturated carbocycles. The molecule has 14 heavy (non-hydrogen) atoms. The van der Waals surface area contributed by atoms with Crippen molar-refractivity contribution < 1.29 is 4.74 Å². The molecule has 0 aliphatic rings. The van der Waals surface area contributed by atoms with Crippen molar-refractivity contribution in [1.29, 1.82) is 0 Å². The molecule has 1 N–H and O–H groups in total. The van der Waals surface area contributed by atoms with E-state index in [0.717, 1.165) is 18.1 Å². The van der Waals surface area contributed by atoms with Crippen LogP contribution in [0.15, 0.2) is 12.1 Å². The van der Waals surface area contributed by atoms with Gasteiger partial charge < -0.3 is 10.1 Å². The molecule has 0 amide bonds. The summed E-state index contributed by atoms with van der Waals surface area (Å²) >= 11 is 0. The Morgan fingerprint density at radius 3 is 2.71 bits per heavy atom. The van der Waals surface area contributed by atoms with Gasteiger partial charge in [0.25, 0.3) is 0 Å². The van der Waals surface area contributed by atoms with Crippen LogP contribution in [0.2, 0.25) is 0 Å². The number of nitrogens with one attached hydrogen (secondary N) is 1. The van der Waals surface area contributed by atoms with Gasteiger partial charge in [-0.15, -0.1) is 5.10 Å².